The zero-order valence-corrected chi connectivity index (χ0v) is 11.8. The van der Waals surface area contributed by atoms with Gasteiger partial charge in [-0.2, -0.15) is 0 Å². The second-order valence-electron chi connectivity index (χ2n) is 4.86. The summed E-state index contributed by atoms with van der Waals surface area (Å²) < 4.78 is 5.06. The Kier molecular flexibility index (Phi) is 3.46. The van der Waals surface area contributed by atoms with Gasteiger partial charge in [-0.25, -0.2) is 9.78 Å². The number of nitrogens with one attached hydrogen (secondary N) is 1. The SMILES string of the molecule is CCCOC(=O)c1cc2c(cn1)[nH]c1ccc([N+](=O)[O-])cc12. The number of nitro groups is 1. The number of nitrogens with zero attached hydrogens (tertiary/aromatic N) is 2. The van der Waals surface area contributed by atoms with Crippen LogP contribution in [0.3, 0.4) is 0 Å². The third-order valence-corrected chi connectivity index (χ3v) is 3.32. The molecule has 3 aromatic rings. The molecule has 1 aromatic carbocycles. The van der Waals surface area contributed by atoms with E-state index in [0.717, 1.165) is 11.9 Å². The standard InChI is InChI=1S/C15H13N3O4/c1-2-5-22-15(19)13-7-11-10-6-9(18(20)21)3-4-12(10)17-14(11)8-16-13/h3-4,6-8,17H,2,5H2,1H3. The Morgan fingerprint density at radius 1 is 1.32 bits per heavy atom. The highest BCUT2D eigenvalue weighted by molar-refractivity contribution is 6.09. The monoisotopic (exact) mass is 299 g/mol. The molecule has 7 nitrogen and oxygen atoms in total. The minimum absolute atomic E-state index is 0.000298. The number of benzene rings is 1. The summed E-state index contributed by atoms with van der Waals surface area (Å²) in [4.78, 5) is 29.5. The van der Waals surface area contributed by atoms with Gasteiger partial charge in [-0.05, 0) is 18.6 Å². The number of H-pyrrole nitrogens is 1. The second-order valence-corrected chi connectivity index (χ2v) is 4.86. The summed E-state index contributed by atoms with van der Waals surface area (Å²) in [5.74, 6) is -0.497. The molecule has 2 heterocycles. The number of hydrogen-bond donors (Lipinski definition) is 1. The summed E-state index contributed by atoms with van der Waals surface area (Å²) in [5.41, 5.74) is 1.65. The molecule has 0 amide bonds. The number of rotatable bonds is 4. The van der Waals surface area contributed by atoms with Crippen LogP contribution in [0, 0.1) is 10.1 Å². The molecular formula is C15H13N3O4. The van der Waals surface area contributed by atoms with Crippen molar-refractivity contribution in [1.82, 2.24) is 9.97 Å². The topological polar surface area (TPSA) is 98.1 Å². The summed E-state index contributed by atoms with van der Waals surface area (Å²) in [7, 11) is 0. The quantitative estimate of drug-likeness (QED) is 0.453. The molecule has 0 fully saturated rings. The summed E-state index contributed by atoms with van der Waals surface area (Å²) in [6.45, 7) is 2.24. The fourth-order valence-corrected chi connectivity index (χ4v) is 2.28. The number of non-ortho nitro benzene ring substituents is 1. The third kappa shape index (κ3) is 2.37. The van der Waals surface area contributed by atoms with Crippen molar-refractivity contribution in [3.8, 4) is 0 Å². The van der Waals surface area contributed by atoms with E-state index >= 15 is 0 Å². The van der Waals surface area contributed by atoms with Gasteiger partial charge in [0.15, 0.2) is 0 Å². The van der Waals surface area contributed by atoms with Crippen molar-refractivity contribution in [1.29, 1.82) is 0 Å². The van der Waals surface area contributed by atoms with Crippen LogP contribution in [0.2, 0.25) is 0 Å². The minimum Gasteiger partial charge on any atom is -0.461 e. The molecule has 0 radical (unpaired) electrons. The molecule has 3 rings (SSSR count). The molecule has 0 aliphatic rings. The van der Waals surface area contributed by atoms with Crippen molar-refractivity contribution >= 4 is 33.5 Å². The van der Waals surface area contributed by atoms with Crippen LogP contribution in [0.5, 0.6) is 0 Å². The van der Waals surface area contributed by atoms with E-state index in [4.69, 9.17) is 4.74 Å². The highest BCUT2D eigenvalue weighted by Gasteiger charge is 2.14. The van der Waals surface area contributed by atoms with Gasteiger partial charge >= 0.3 is 5.97 Å². The number of pyridine rings is 1. The van der Waals surface area contributed by atoms with Gasteiger partial charge < -0.3 is 9.72 Å². The number of esters is 1. The predicted molar refractivity (Wildman–Crippen MR) is 80.8 cm³/mol. The van der Waals surface area contributed by atoms with E-state index in [0.29, 0.717) is 22.9 Å². The Morgan fingerprint density at radius 3 is 2.82 bits per heavy atom. The van der Waals surface area contributed by atoms with E-state index in [1.165, 1.54) is 18.3 Å². The summed E-state index contributed by atoms with van der Waals surface area (Å²) >= 11 is 0. The molecule has 0 aliphatic carbocycles. The molecule has 0 saturated carbocycles. The van der Waals surface area contributed by atoms with Crippen LogP contribution in [0.15, 0.2) is 30.5 Å². The van der Waals surface area contributed by atoms with Crippen LogP contribution in [0.4, 0.5) is 5.69 Å². The lowest BCUT2D eigenvalue weighted by molar-refractivity contribution is -0.384. The first-order chi connectivity index (χ1) is 10.6. The summed E-state index contributed by atoms with van der Waals surface area (Å²) in [6.07, 6.45) is 2.26. The Balaban J connectivity index is 2.12. The Morgan fingerprint density at radius 2 is 2.09 bits per heavy atom. The smallest absolute Gasteiger partial charge is 0.356 e. The van der Waals surface area contributed by atoms with E-state index < -0.39 is 10.9 Å². The van der Waals surface area contributed by atoms with Crippen molar-refractivity contribution in [2.24, 2.45) is 0 Å². The van der Waals surface area contributed by atoms with Crippen molar-refractivity contribution in [2.45, 2.75) is 13.3 Å². The molecule has 1 N–H and O–H groups in total. The van der Waals surface area contributed by atoms with Crippen molar-refractivity contribution in [3.05, 3.63) is 46.3 Å². The maximum Gasteiger partial charge on any atom is 0.356 e. The average molecular weight is 299 g/mol. The average Bonchev–Trinajstić information content (AvgIpc) is 2.89. The number of aromatic amines is 1. The Hall–Kier alpha value is -2.96. The number of carbonyl (C=O) groups excluding carboxylic acids is 1. The second kappa shape index (κ2) is 5.44. The number of ether oxygens (including phenoxy) is 1. The predicted octanol–water partition coefficient (Wildman–Crippen LogP) is 3.19. The van der Waals surface area contributed by atoms with Gasteiger partial charge in [0.1, 0.15) is 5.69 Å². The van der Waals surface area contributed by atoms with Crippen LogP contribution >= 0.6 is 0 Å². The lowest BCUT2D eigenvalue weighted by Gasteiger charge is -2.02. The van der Waals surface area contributed by atoms with Gasteiger partial charge in [0, 0.05) is 28.4 Å². The third-order valence-electron chi connectivity index (χ3n) is 3.32. The van der Waals surface area contributed by atoms with Crippen LogP contribution in [0.25, 0.3) is 21.8 Å². The molecule has 0 spiro atoms. The maximum atomic E-state index is 11.9. The molecule has 0 bridgehead atoms. The Bertz CT molecular complexity index is 885. The van der Waals surface area contributed by atoms with E-state index in [1.54, 1.807) is 12.1 Å². The number of nitro benzene ring substituents is 1. The summed E-state index contributed by atoms with van der Waals surface area (Å²) in [6, 6.07) is 6.15. The van der Waals surface area contributed by atoms with Gasteiger partial charge in [0.25, 0.3) is 5.69 Å². The normalized spacial score (nSPS) is 11.0. The maximum absolute atomic E-state index is 11.9. The number of aromatic nitrogens is 2. The first-order valence-corrected chi connectivity index (χ1v) is 6.83. The van der Waals surface area contributed by atoms with Gasteiger partial charge in [-0.15, -0.1) is 0 Å². The highest BCUT2D eigenvalue weighted by Crippen LogP contribution is 2.28. The van der Waals surface area contributed by atoms with Crippen LogP contribution in [0.1, 0.15) is 23.8 Å². The molecule has 0 atom stereocenters. The largest absolute Gasteiger partial charge is 0.461 e. The molecule has 0 saturated heterocycles. The fourth-order valence-electron chi connectivity index (χ4n) is 2.28. The van der Waals surface area contributed by atoms with Crippen molar-refractivity contribution in [3.63, 3.8) is 0 Å². The lowest BCUT2D eigenvalue weighted by atomic mass is 10.1. The van der Waals surface area contributed by atoms with Gasteiger partial charge in [-0.3, -0.25) is 10.1 Å². The van der Waals surface area contributed by atoms with E-state index in [9.17, 15) is 14.9 Å². The first kappa shape index (κ1) is 14.0. The molecule has 112 valence electrons. The Labute approximate surface area is 125 Å². The molecule has 0 unspecified atom stereocenters. The van der Waals surface area contributed by atoms with E-state index in [2.05, 4.69) is 9.97 Å². The summed E-state index contributed by atoms with van der Waals surface area (Å²) in [5, 5.41) is 12.3. The van der Waals surface area contributed by atoms with Crippen molar-refractivity contribution in [2.75, 3.05) is 6.61 Å². The van der Waals surface area contributed by atoms with Gasteiger partial charge in [0.2, 0.25) is 0 Å². The molecule has 7 heteroatoms. The molecule has 22 heavy (non-hydrogen) atoms. The van der Waals surface area contributed by atoms with Gasteiger partial charge in [-0.1, -0.05) is 6.92 Å². The number of fused-ring (bicyclic) bond motifs is 3. The molecule has 0 aliphatic heterocycles. The van der Waals surface area contributed by atoms with E-state index in [-0.39, 0.29) is 11.4 Å². The molecule has 2 aromatic heterocycles. The highest BCUT2D eigenvalue weighted by atomic mass is 16.6. The zero-order valence-electron chi connectivity index (χ0n) is 11.8. The van der Waals surface area contributed by atoms with Crippen LogP contribution < -0.4 is 0 Å². The lowest BCUT2D eigenvalue weighted by Crippen LogP contribution is -2.07. The van der Waals surface area contributed by atoms with Crippen LogP contribution in [-0.2, 0) is 4.74 Å². The van der Waals surface area contributed by atoms with Crippen molar-refractivity contribution < 1.29 is 14.5 Å². The number of hydrogen-bond acceptors (Lipinski definition) is 5. The van der Waals surface area contributed by atoms with Crippen LogP contribution in [-0.4, -0.2) is 27.5 Å². The first-order valence-electron chi connectivity index (χ1n) is 6.83. The zero-order chi connectivity index (χ0) is 15.7. The fraction of sp³-hybridized carbons (Fsp3) is 0.200. The van der Waals surface area contributed by atoms with E-state index in [1.807, 2.05) is 6.92 Å². The molecular weight excluding hydrogens is 286 g/mol. The van der Waals surface area contributed by atoms with Gasteiger partial charge in [0.05, 0.1) is 23.2 Å². The minimum atomic E-state index is -0.497. The number of carbonyl (C=O) groups is 1.